The van der Waals surface area contributed by atoms with Gasteiger partial charge in [0.25, 0.3) is 0 Å². The Kier molecular flexibility index (Phi) is 4.73. The summed E-state index contributed by atoms with van der Waals surface area (Å²) in [7, 11) is -1.53. The first-order chi connectivity index (χ1) is 7.37. The van der Waals surface area contributed by atoms with E-state index < -0.39 is 10.0 Å². The van der Waals surface area contributed by atoms with Crippen molar-refractivity contribution < 1.29 is 13.2 Å². The Morgan fingerprint density at radius 1 is 1.44 bits per heavy atom. The van der Waals surface area contributed by atoms with Crippen LogP contribution in [0.5, 0.6) is 0 Å². The van der Waals surface area contributed by atoms with Gasteiger partial charge in [0.1, 0.15) is 0 Å². The lowest BCUT2D eigenvalue weighted by Gasteiger charge is -2.38. The molecule has 0 unspecified atom stereocenters. The van der Waals surface area contributed by atoms with Crippen molar-refractivity contribution in [3.05, 3.63) is 0 Å². The van der Waals surface area contributed by atoms with Crippen molar-refractivity contribution in [1.29, 1.82) is 0 Å². The minimum absolute atomic E-state index is 0.132. The molecule has 1 aliphatic heterocycles. The van der Waals surface area contributed by atoms with Gasteiger partial charge in [0.15, 0.2) is 0 Å². The number of hydrogen-bond acceptors (Lipinski definition) is 4. The van der Waals surface area contributed by atoms with E-state index in [1.54, 1.807) is 11.4 Å². The Hall–Kier alpha value is -0.170. The third kappa shape index (κ3) is 4.01. The minimum atomic E-state index is -3.11. The predicted octanol–water partition coefficient (Wildman–Crippen LogP) is 0.0365. The molecule has 1 N–H and O–H groups in total. The molecule has 0 spiro atoms. The highest BCUT2D eigenvalue weighted by Gasteiger charge is 2.32. The standard InChI is InChI=1S/C10H22N2O3S/c1-10(2)9-12(6-5-11-10)16(13,14)8-4-7-15-3/h11H,4-9H2,1-3H3. The molecule has 1 saturated heterocycles. The molecule has 96 valence electrons. The second-order valence-electron chi connectivity index (χ2n) is 4.81. The third-order valence-corrected chi connectivity index (χ3v) is 4.58. The highest BCUT2D eigenvalue weighted by atomic mass is 32.2. The lowest BCUT2D eigenvalue weighted by molar-refractivity contribution is 0.198. The zero-order valence-electron chi connectivity index (χ0n) is 10.3. The molecule has 1 aliphatic rings. The van der Waals surface area contributed by atoms with E-state index in [-0.39, 0.29) is 11.3 Å². The number of methoxy groups -OCH3 is 1. The van der Waals surface area contributed by atoms with E-state index in [2.05, 4.69) is 5.32 Å². The van der Waals surface area contributed by atoms with Crippen molar-refractivity contribution in [3.63, 3.8) is 0 Å². The van der Waals surface area contributed by atoms with Crippen LogP contribution in [0.2, 0.25) is 0 Å². The Balaban J connectivity index is 2.54. The first kappa shape index (κ1) is 13.9. The average Bonchev–Trinajstić information content (AvgIpc) is 2.16. The fourth-order valence-electron chi connectivity index (χ4n) is 1.85. The van der Waals surface area contributed by atoms with Crippen LogP contribution in [0.15, 0.2) is 0 Å². The van der Waals surface area contributed by atoms with E-state index in [9.17, 15) is 8.42 Å². The molecule has 1 rings (SSSR count). The Morgan fingerprint density at radius 2 is 2.12 bits per heavy atom. The summed E-state index contributed by atoms with van der Waals surface area (Å²) in [6.45, 7) is 6.36. The molecule has 0 bridgehead atoms. The van der Waals surface area contributed by atoms with Gasteiger partial charge in [0, 0.05) is 38.9 Å². The molecule has 5 nitrogen and oxygen atoms in total. The normalized spacial score (nSPS) is 22.2. The summed E-state index contributed by atoms with van der Waals surface area (Å²) >= 11 is 0. The molecule has 0 aromatic heterocycles. The summed E-state index contributed by atoms with van der Waals surface area (Å²) in [6, 6.07) is 0. The van der Waals surface area contributed by atoms with Gasteiger partial charge in [-0.05, 0) is 20.3 Å². The Labute approximate surface area is 98.2 Å². The van der Waals surface area contributed by atoms with E-state index >= 15 is 0 Å². The number of rotatable bonds is 5. The largest absolute Gasteiger partial charge is 0.385 e. The molecule has 0 atom stereocenters. The van der Waals surface area contributed by atoms with Gasteiger partial charge in [-0.1, -0.05) is 0 Å². The SMILES string of the molecule is COCCCS(=O)(=O)N1CCNC(C)(C)C1. The van der Waals surface area contributed by atoms with Gasteiger partial charge in [-0.3, -0.25) is 0 Å². The molecule has 0 aromatic rings. The summed E-state index contributed by atoms with van der Waals surface area (Å²) in [5.41, 5.74) is -0.132. The third-order valence-electron chi connectivity index (χ3n) is 2.68. The van der Waals surface area contributed by atoms with Gasteiger partial charge in [-0.15, -0.1) is 0 Å². The maximum absolute atomic E-state index is 12.0. The van der Waals surface area contributed by atoms with E-state index in [4.69, 9.17) is 4.74 Å². The van der Waals surface area contributed by atoms with Crippen LogP contribution in [0.3, 0.4) is 0 Å². The molecular weight excluding hydrogens is 228 g/mol. The maximum atomic E-state index is 12.0. The predicted molar refractivity (Wildman–Crippen MR) is 63.9 cm³/mol. The van der Waals surface area contributed by atoms with Gasteiger partial charge >= 0.3 is 0 Å². The molecule has 0 aliphatic carbocycles. The van der Waals surface area contributed by atoms with E-state index in [0.29, 0.717) is 26.1 Å². The van der Waals surface area contributed by atoms with Crippen LogP contribution in [-0.2, 0) is 14.8 Å². The minimum Gasteiger partial charge on any atom is -0.385 e. The van der Waals surface area contributed by atoms with Crippen LogP contribution in [0.4, 0.5) is 0 Å². The summed E-state index contributed by atoms with van der Waals surface area (Å²) in [6.07, 6.45) is 0.559. The van der Waals surface area contributed by atoms with E-state index in [0.717, 1.165) is 6.54 Å². The van der Waals surface area contributed by atoms with Crippen molar-refractivity contribution in [1.82, 2.24) is 9.62 Å². The Morgan fingerprint density at radius 3 is 2.69 bits per heavy atom. The summed E-state index contributed by atoms with van der Waals surface area (Å²) < 4.78 is 30.4. The lowest BCUT2D eigenvalue weighted by Crippen LogP contribution is -2.58. The number of sulfonamides is 1. The number of hydrogen-bond donors (Lipinski definition) is 1. The topological polar surface area (TPSA) is 58.6 Å². The van der Waals surface area contributed by atoms with Crippen molar-refractivity contribution in [2.24, 2.45) is 0 Å². The highest BCUT2D eigenvalue weighted by molar-refractivity contribution is 7.89. The molecule has 1 heterocycles. The maximum Gasteiger partial charge on any atom is 0.214 e. The van der Waals surface area contributed by atoms with Crippen LogP contribution in [0.1, 0.15) is 20.3 Å². The molecule has 0 aromatic carbocycles. The molecule has 0 amide bonds. The van der Waals surface area contributed by atoms with Crippen molar-refractivity contribution in [2.75, 3.05) is 39.1 Å². The van der Waals surface area contributed by atoms with Gasteiger partial charge in [0.05, 0.1) is 5.75 Å². The van der Waals surface area contributed by atoms with Crippen molar-refractivity contribution in [2.45, 2.75) is 25.8 Å². The monoisotopic (exact) mass is 250 g/mol. The molecular formula is C10H22N2O3S. The smallest absolute Gasteiger partial charge is 0.214 e. The van der Waals surface area contributed by atoms with Crippen LogP contribution in [-0.4, -0.2) is 57.4 Å². The quantitative estimate of drug-likeness (QED) is 0.700. The zero-order chi connectivity index (χ0) is 12.2. The second-order valence-corrected chi connectivity index (χ2v) is 6.90. The van der Waals surface area contributed by atoms with Crippen LogP contribution in [0.25, 0.3) is 0 Å². The lowest BCUT2D eigenvalue weighted by atomic mass is 10.0. The Bertz CT molecular complexity index is 314. The van der Waals surface area contributed by atoms with Gasteiger partial charge in [-0.2, -0.15) is 4.31 Å². The average molecular weight is 250 g/mol. The fraction of sp³-hybridized carbons (Fsp3) is 1.00. The van der Waals surface area contributed by atoms with Crippen LogP contribution >= 0.6 is 0 Å². The number of nitrogens with zero attached hydrogens (tertiary/aromatic N) is 1. The van der Waals surface area contributed by atoms with E-state index in [1.165, 1.54) is 0 Å². The summed E-state index contributed by atoms with van der Waals surface area (Å²) in [5.74, 6) is 0.178. The summed E-state index contributed by atoms with van der Waals surface area (Å²) in [5, 5.41) is 3.30. The first-order valence-corrected chi connectivity index (χ1v) is 7.20. The van der Waals surface area contributed by atoms with Crippen molar-refractivity contribution >= 4 is 10.0 Å². The molecule has 1 fully saturated rings. The van der Waals surface area contributed by atoms with Crippen molar-refractivity contribution in [3.8, 4) is 0 Å². The second kappa shape index (κ2) is 5.44. The van der Waals surface area contributed by atoms with Gasteiger partial charge < -0.3 is 10.1 Å². The number of piperazine rings is 1. The first-order valence-electron chi connectivity index (χ1n) is 5.59. The molecule has 16 heavy (non-hydrogen) atoms. The molecule has 0 radical (unpaired) electrons. The number of nitrogens with one attached hydrogen (secondary N) is 1. The molecule has 6 heteroatoms. The van der Waals surface area contributed by atoms with Crippen LogP contribution in [0, 0.1) is 0 Å². The van der Waals surface area contributed by atoms with Gasteiger partial charge in [0.2, 0.25) is 10.0 Å². The zero-order valence-corrected chi connectivity index (χ0v) is 11.1. The fourth-order valence-corrected chi connectivity index (χ4v) is 3.48. The number of ether oxygens (including phenoxy) is 1. The van der Waals surface area contributed by atoms with Crippen LogP contribution < -0.4 is 5.32 Å². The summed E-state index contributed by atoms with van der Waals surface area (Å²) in [4.78, 5) is 0. The van der Waals surface area contributed by atoms with Gasteiger partial charge in [-0.25, -0.2) is 8.42 Å². The molecule has 0 saturated carbocycles. The highest BCUT2D eigenvalue weighted by Crippen LogP contribution is 2.14. The van der Waals surface area contributed by atoms with E-state index in [1.807, 2.05) is 13.8 Å².